The van der Waals surface area contributed by atoms with Crippen LogP contribution in [0.15, 0.2) is 54.1 Å². The Hall–Kier alpha value is -2.16. The fraction of sp³-hybridized carbons (Fsp3) is 0.594. The summed E-state index contributed by atoms with van der Waals surface area (Å²) in [5.74, 6) is 3.52. The van der Waals surface area contributed by atoms with Crippen LogP contribution in [0.3, 0.4) is 0 Å². The largest absolute Gasteiger partial charge is 0.462 e. The van der Waals surface area contributed by atoms with E-state index in [1.54, 1.807) is 12.1 Å². The molecule has 1 aromatic rings. The minimum absolute atomic E-state index is 0.0471. The summed E-state index contributed by atoms with van der Waals surface area (Å²) in [5.41, 5.74) is 3.52. The summed E-state index contributed by atoms with van der Waals surface area (Å²) < 4.78 is 19.5. The van der Waals surface area contributed by atoms with Crippen molar-refractivity contribution in [2.45, 2.75) is 78.2 Å². The third-order valence-electron chi connectivity index (χ3n) is 9.51. The van der Waals surface area contributed by atoms with Crippen molar-refractivity contribution in [3.05, 3.63) is 65.5 Å². The lowest BCUT2D eigenvalue weighted by molar-refractivity contribution is -0.144. The summed E-state index contributed by atoms with van der Waals surface area (Å²) in [7, 11) is 0. The van der Waals surface area contributed by atoms with Crippen molar-refractivity contribution in [1.82, 2.24) is 0 Å². The van der Waals surface area contributed by atoms with Crippen LogP contribution in [0, 0.1) is 47.2 Å². The molecule has 3 fully saturated rings. The average molecular weight is 477 g/mol. The SMILES string of the molecule is CCC[C@H]1CC[C@@H]2[C@H](C1)C[C@@H]1C(=O)O[C@@H](C)[C@@H]1[C@@H]2C/C=C/C1=CC=C(c2cccc(F)c2)C(C)C1. The van der Waals surface area contributed by atoms with Crippen LogP contribution in [-0.2, 0) is 9.53 Å². The average Bonchev–Trinajstić information content (AvgIpc) is 3.11. The summed E-state index contributed by atoms with van der Waals surface area (Å²) in [6.45, 7) is 6.64. The molecule has 1 saturated heterocycles. The number of halogens is 1. The molecule has 1 unspecified atom stereocenters. The van der Waals surface area contributed by atoms with E-state index in [0.29, 0.717) is 23.7 Å². The molecule has 0 aromatic heterocycles. The molecule has 1 aromatic carbocycles. The highest BCUT2D eigenvalue weighted by atomic mass is 19.1. The van der Waals surface area contributed by atoms with Gasteiger partial charge < -0.3 is 4.74 Å². The standard InChI is InChI=1S/C32H41FO2/c1-4-7-22-13-15-28-25(17-22)19-30-31(21(3)35-32(30)34)29(28)11-5-8-23-12-14-27(20(2)16-23)24-9-6-10-26(33)18-24/h5-6,8-10,12,14,18,20-22,25,28-31H,4,7,11,13,15-17,19H2,1-3H3/b8-5+/t20?,21-,22-,25+,28+,29+,30-,31+/m0/s1. The smallest absolute Gasteiger partial charge is 0.309 e. The van der Waals surface area contributed by atoms with Gasteiger partial charge >= 0.3 is 5.97 Å². The second kappa shape index (κ2) is 10.4. The minimum Gasteiger partial charge on any atom is -0.462 e. The van der Waals surface area contributed by atoms with Crippen LogP contribution in [0.5, 0.6) is 0 Å². The predicted molar refractivity (Wildman–Crippen MR) is 140 cm³/mol. The number of carbonyl (C=O) groups is 1. The van der Waals surface area contributed by atoms with Gasteiger partial charge in [0.05, 0.1) is 5.92 Å². The van der Waals surface area contributed by atoms with Gasteiger partial charge in [-0.05, 0) is 97.5 Å². The van der Waals surface area contributed by atoms with E-state index in [2.05, 4.69) is 45.1 Å². The third-order valence-corrected chi connectivity index (χ3v) is 9.51. The molecule has 1 aliphatic heterocycles. The molecular formula is C32H41FO2. The Morgan fingerprint density at radius 3 is 2.77 bits per heavy atom. The molecule has 2 nitrogen and oxygen atoms in total. The van der Waals surface area contributed by atoms with Crippen molar-refractivity contribution in [2.75, 3.05) is 0 Å². The van der Waals surface area contributed by atoms with E-state index in [1.165, 1.54) is 49.3 Å². The maximum atomic E-state index is 13.7. The molecule has 0 radical (unpaired) electrons. The van der Waals surface area contributed by atoms with Crippen LogP contribution < -0.4 is 0 Å². The molecule has 3 heteroatoms. The lowest BCUT2D eigenvalue weighted by Gasteiger charge is -2.48. The monoisotopic (exact) mass is 476 g/mol. The van der Waals surface area contributed by atoms with Crippen molar-refractivity contribution in [3.63, 3.8) is 0 Å². The van der Waals surface area contributed by atoms with Crippen molar-refractivity contribution >= 4 is 11.5 Å². The Kier molecular flexibility index (Phi) is 7.32. The molecule has 0 bridgehead atoms. The molecule has 2 saturated carbocycles. The number of allylic oxidation sites excluding steroid dienone is 6. The molecule has 35 heavy (non-hydrogen) atoms. The van der Waals surface area contributed by atoms with E-state index in [0.717, 1.165) is 36.7 Å². The number of cyclic esters (lactones) is 1. The molecule has 3 aliphatic carbocycles. The van der Waals surface area contributed by atoms with Crippen molar-refractivity contribution < 1.29 is 13.9 Å². The minimum atomic E-state index is -0.179. The fourth-order valence-corrected chi connectivity index (χ4v) is 8.01. The Bertz CT molecular complexity index is 1020. The molecule has 188 valence electrons. The van der Waals surface area contributed by atoms with Crippen LogP contribution in [0.25, 0.3) is 5.57 Å². The fourth-order valence-electron chi connectivity index (χ4n) is 8.01. The summed E-state index contributed by atoms with van der Waals surface area (Å²) in [6.07, 6.45) is 18.7. The first-order chi connectivity index (χ1) is 16.9. The number of fused-ring (bicyclic) bond motifs is 2. The molecule has 5 rings (SSSR count). The maximum absolute atomic E-state index is 13.7. The first-order valence-corrected chi connectivity index (χ1v) is 14.0. The van der Waals surface area contributed by atoms with Crippen LogP contribution in [-0.4, -0.2) is 12.1 Å². The van der Waals surface area contributed by atoms with Gasteiger partial charge in [-0.2, -0.15) is 0 Å². The Balaban J connectivity index is 1.31. The summed E-state index contributed by atoms with van der Waals surface area (Å²) in [6, 6.07) is 6.92. The molecule has 0 spiro atoms. The molecule has 4 aliphatic rings. The van der Waals surface area contributed by atoms with Crippen molar-refractivity contribution in [3.8, 4) is 0 Å². The number of rotatable bonds is 6. The van der Waals surface area contributed by atoms with E-state index in [9.17, 15) is 9.18 Å². The highest BCUT2D eigenvalue weighted by molar-refractivity contribution is 5.75. The number of esters is 1. The van der Waals surface area contributed by atoms with Gasteiger partial charge in [0.15, 0.2) is 0 Å². The number of hydrogen-bond acceptors (Lipinski definition) is 2. The van der Waals surface area contributed by atoms with Gasteiger partial charge in [0.1, 0.15) is 11.9 Å². The molecule has 0 N–H and O–H groups in total. The third kappa shape index (κ3) is 5.06. The van der Waals surface area contributed by atoms with Gasteiger partial charge in [-0.3, -0.25) is 4.79 Å². The number of benzene rings is 1. The van der Waals surface area contributed by atoms with Crippen LogP contribution in [0.4, 0.5) is 4.39 Å². The number of ether oxygens (including phenoxy) is 1. The maximum Gasteiger partial charge on any atom is 0.309 e. The van der Waals surface area contributed by atoms with E-state index in [1.807, 2.05) is 6.07 Å². The normalized spacial score (nSPS) is 36.9. The second-order valence-corrected chi connectivity index (χ2v) is 11.7. The van der Waals surface area contributed by atoms with Gasteiger partial charge in [0, 0.05) is 5.92 Å². The van der Waals surface area contributed by atoms with Gasteiger partial charge in [0.2, 0.25) is 0 Å². The molecule has 0 amide bonds. The van der Waals surface area contributed by atoms with E-state index >= 15 is 0 Å². The highest BCUT2D eigenvalue weighted by Crippen LogP contribution is 2.55. The number of carbonyl (C=O) groups excluding carboxylic acids is 1. The van der Waals surface area contributed by atoms with Crippen LogP contribution >= 0.6 is 0 Å². The van der Waals surface area contributed by atoms with Crippen LogP contribution in [0.2, 0.25) is 0 Å². The first-order valence-electron chi connectivity index (χ1n) is 14.0. The van der Waals surface area contributed by atoms with Crippen molar-refractivity contribution in [1.29, 1.82) is 0 Å². The molecule has 1 heterocycles. The zero-order valence-electron chi connectivity index (χ0n) is 21.6. The molecule has 8 atom stereocenters. The van der Waals surface area contributed by atoms with E-state index < -0.39 is 0 Å². The first kappa shape index (κ1) is 24.5. The quantitative estimate of drug-likeness (QED) is 0.387. The zero-order chi connectivity index (χ0) is 24.5. The van der Waals surface area contributed by atoms with Gasteiger partial charge in [-0.25, -0.2) is 4.39 Å². The van der Waals surface area contributed by atoms with E-state index in [4.69, 9.17) is 4.74 Å². The second-order valence-electron chi connectivity index (χ2n) is 11.7. The van der Waals surface area contributed by atoms with Gasteiger partial charge in [0.25, 0.3) is 0 Å². The lowest BCUT2D eigenvalue weighted by Crippen LogP contribution is -2.44. The number of hydrogen-bond donors (Lipinski definition) is 0. The topological polar surface area (TPSA) is 26.3 Å². The Morgan fingerprint density at radius 2 is 2.00 bits per heavy atom. The van der Waals surface area contributed by atoms with Crippen LogP contribution in [0.1, 0.15) is 77.7 Å². The Morgan fingerprint density at radius 1 is 1.14 bits per heavy atom. The summed E-state index contributed by atoms with van der Waals surface area (Å²) in [5, 5.41) is 0. The van der Waals surface area contributed by atoms with E-state index in [-0.39, 0.29) is 23.8 Å². The van der Waals surface area contributed by atoms with Gasteiger partial charge in [-0.1, -0.05) is 69.5 Å². The van der Waals surface area contributed by atoms with Crippen molar-refractivity contribution in [2.24, 2.45) is 41.4 Å². The molecular weight excluding hydrogens is 435 g/mol. The zero-order valence-corrected chi connectivity index (χ0v) is 21.6. The summed E-state index contributed by atoms with van der Waals surface area (Å²) >= 11 is 0. The highest BCUT2D eigenvalue weighted by Gasteiger charge is 2.54. The predicted octanol–water partition coefficient (Wildman–Crippen LogP) is 8.15. The Labute approximate surface area is 210 Å². The lowest BCUT2D eigenvalue weighted by atomic mass is 9.55. The van der Waals surface area contributed by atoms with Gasteiger partial charge in [-0.15, -0.1) is 0 Å². The summed E-state index contributed by atoms with van der Waals surface area (Å²) in [4.78, 5) is 12.7.